The summed E-state index contributed by atoms with van der Waals surface area (Å²) in [5, 5.41) is 7.22. The van der Waals surface area contributed by atoms with Crippen molar-refractivity contribution in [1.29, 1.82) is 0 Å². The summed E-state index contributed by atoms with van der Waals surface area (Å²) in [6.45, 7) is 10.9. The molecule has 0 radical (unpaired) electrons. The third-order valence-corrected chi connectivity index (χ3v) is 6.97. The molecule has 0 heterocycles. The minimum Gasteiger partial charge on any atom is -0.483 e. The van der Waals surface area contributed by atoms with E-state index < -0.39 is 0 Å². The second-order valence-electron chi connectivity index (χ2n) is 8.69. The molecule has 2 bridgehead atoms. The number of benzene rings is 1. The predicted octanol–water partition coefficient (Wildman–Crippen LogP) is 3.44. The number of ether oxygens (including phenoxy) is 1. The van der Waals surface area contributed by atoms with Gasteiger partial charge in [0.05, 0.1) is 5.56 Å². The van der Waals surface area contributed by atoms with Crippen LogP contribution in [-0.2, 0) is 4.79 Å². The molecular formula is C22H31N3O3. The number of carbonyl (C=O) groups is 2. The van der Waals surface area contributed by atoms with Gasteiger partial charge in [0.2, 0.25) is 0 Å². The van der Waals surface area contributed by atoms with Crippen LogP contribution in [0.25, 0.3) is 0 Å². The number of fused-ring (bicyclic) bond motifs is 2. The van der Waals surface area contributed by atoms with E-state index in [-0.39, 0.29) is 29.3 Å². The maximum absolute atomic E-state index is 12.3. The highest BCUT2D eigenvalue weighted by molar-refractivity contribution is 5.97. The summed E-state index contributed by atoms with van der Waals surface area (Å²) in [4.78, 5) is 24.5. The van der Waals surface area contributed by atoms with Crippen LogP contribution in [0.3, 0.4) is 0 Å². The van der Waals surface area contributed by atoms with Crippen LogP contribution in [0.5, 0.6) is 5.75 Å². The van der Waals surface area contributed by atoms with E-state index in [2.05, 4.69) is 36.6 Å². The summed E-state index contributed by atoms with van der Waals surface area (Å²) in [5.74, 6) is 0.543. The minimum absolute atomic E-state index is 0.0488. The summed E-state index contributed by atoms with van der Waals surface area (Å²) >= 11 is 0. The molecule has 1 aromatic rings. The van der Waals surface area contributed by atoms with Crippen LogP contribution in [0, 0.1) is 23.7 Å². The number of hydrazone groups is 1. The lowest BCUT2D eigenvalue weighted by Gasteiger charge is -2.34. The van der Waals surface area contributed by atoms with Crippen molar-refractivity contribution >= 4 is 17.5 Å². The number of hydrogen-bond donors (Lipinski definition) is 2. The fraction of sp³-hybridized carbons (Fsp3) is 0.591. The topological polar surface area (TPSA) is 79.8 Å². The van der Waals surface area contributed by atoms with Gasteiger partial charge in [-0.25, -0.2) is 5.43 Å². The van der Waals surface area contributed by atoms with Crippen molar-refractivity contribution in [2.24, 2.45) is 21.8 Å². The first-order valence-corrected chi connectivity index (χ1v) is 10.1. The van der Waals surface area contributed by atoms with Gasteiger partial charge in [0.15, 0.2) is 6.61 Å². The highest BCUT2D eigenvalue weighted by Gasteiger charge is 2.60. The molecule has 2 aliphatic carbocycles. The third-order valence-electron chi connectivity index (χ3n) is 6.97. The SMILES string of the molecule is CCNC(=O)c1cccc(C)c1OCC(=O)N/N=C1\CC2CCC1(C)C2(C)C. The summed E-state index contributed by atoms with van der Waals surface area (Å²) < 4.78 is 5.70. The van der Waals surface area contributed by atoms with Crippen molar-refractivity contribution in [2.75, 3.05) is 13.2 Å². The summed E-state index contributed by atoms with van der Waals surface area (Å²) in [5.41, 5.74) is 5.25. The van der Waals surface area contributed by atoms with Gasteiger partial charge in [-0.3, -0.25) is 9.59 Å². The van der Waals surface area contributed by atoms with Crippen molar-refractivity contribution in [3.05, 3.63) is 29.3 Å². The number of aryl methyl sites for hydroxylation is 1. The van der Waals surface area contributed by atoms with Gasteiger partial charge in [0.25, 0.3) is 11.8 Å². The summed E-state index contributed by atoms with van der Waals surface area (Å²) in [6.07, 6.45) is 3.30. The smallest absolute Gasteiger partial charge is 0.277 e. The van der Waals surface area contributed by atoms with Crippen LogP contribution >= 0.6 is 0 Å². The molecule has 1 aromatic carbocycles. The molecule has 0 aliphatic heterocycles. The summed E-state index contributed by atoms with van der Waals surface area (Å²) in [7, 11) is 0. The normalized spacial score (nSPS) is 26.3. The van der Waals surface area contributed by atoms with E-state index in [1.165, 1.54) is 6.42 Å². The molecule has 2 fully saturated rings. The maximum Gasteiger partial charge on any atom is 0.277 e. The molecule has 2 amide bonds. The quantitative estimate of drug-likeness (QED) is 0.736. The second-order valence-corrected chi connectivity index (χ2v) is 8.69. The van der Waals surface area contributed by atoms with E-state index in [4.69, 9.17) is 4.74 Å². The number of amides is 2. The van der Waals surface area contributed by atoms with Gasteiger partial charge < -0.3 is 10.1 Å². The van der Waals surface area contributed by atoms with Crippen LogP contribution in [-0.4, -0.2) is 30.7 Å². The Morgan fingerprint density at radius 2 is 2.04 bits per heavy atom. The first-order chi connectivity index (χ1) is 13.2. The van der Waals surface area contributed by atoms with E-state index in [0.29, 0.717) is 23.8 Å². The molecule has 152 valence electrons. The fourth-order valence-electron chi connectivity index (χ4n) is 4.68. The zero-order chi connectivity index (χ0) is 20.5. The van der Waals surface area contributed by atoms with Gasteiger partial charge in [-0.1, -0.05) is 32.9 Å². The minimum atomic E-state index is -0.318. The summed E-state index contributed by atoms with van der Waals surface area (Å²) in [6, 6.07) is 5.36. The molecule has 28 heavy (non-hydrogen) atoms. The molecule has 2 saturated carbocycles. The first-order valence-electron chi connectivity index (χ1n) is 10.1. The molecule has 0 aromatic heterocycles. The van der Waals surface area contributed by atoms with Crippen LogP contribution in [0.4, 0.5) is 0 Å². The maximum atomic E-state index is 12.3. The lowest BCUT2D eigenvalue weighted by Crippen LogP contribution is -2.35. The predicted molar refractivity (Wildman–Crippen MR) is 109 cm³/mol. The molecule has 0 spiro atoms. The Labute approximate surface area is 167 Å². The Kier molecular flexibility index (Phi) is 5.50. The highest BCUT2D eigenvalue weighted by atomic mass is 16.5. The number of nitrogens with zero attached hydrogens (tertiary/aromatic N) is 1. The standard InChI is InChI=1S/C22H31N3O3/c1-6-23-20(27)16-9-7-8-14(2)19(16)28-13-18(26)25-24-17-12-15-10-11-22(17,5)21(15,3)4/h7-9,15H,6,10-13H2,1-5H3,(H,23,27)(H,25,26)/b24-17+. The van der Waals surface area contributed by atoms with Crippen molar-refractivity contribution in [2.45, 2.75) is 53.9 Å². The monoisotopic (exact) mass is 385 g/mol. The zero-order valence-corrected chi connectivity index (χ0v) is 17.5. The molecule has 6 nitrogen and oxygen atoms in total. The molecule has 0 saturated heterocycles. The Hall–Kier alpha value is -2.37. The lowest BCUT2D eigenvalue weighted by atomic mass is 9.70. The fourth-order valence-corrected chi connectivity index (χ4v) is 4.68. The van der Waals surface area contributed by atoms with Crippen molar-refractivity contribution in [3.8, 4) is 5.75 Å². The van der Waals surface area contributed by atoms with Crippen molar-refractivity contribution in [1.82, 2.24) is 10.7 Å². The van der Waals surface area contributed by atoms with Gasteiger partial charge in [-0.05, 0) is 56.1 Å². The van der Waals surface area contributed by atoms with Gasteiger partial charge >= 0.3 is 0 Å². The van der Waals surface area contributed by atoms with Gasteiger partial charge in [0, 0.05) is 17.7 Å². The van der Waals surface area contributed by atoms with E-state index in [9.17, 15) is 9.59 Å². The van der Waals surface area contributed by atoms with Crippen LogP contribution in [0.2, 0.25) is 0 Å². The van der Waals surface area contributed by atoms with Crippen LogP contribution in [0.15, 0.2) is 23.3 Å². The molecule has 2 unspecified atom stereocenters. The van der Waals surface area contributed by atoms with Gasteiger partial charge in [-0.2, -0.15) is 5.10 Å². The largest absolute Gasteiger partial charge is 0.483 e. The molecule has 2 aliphatic rings. The van der Waals surface area contributed by atoms with Gasteiger partial charge in [-0.15, -0.1) is 0 Å². The van der Waals surface area contributed by atoms with Gasteiger partial charge in [0.1, 0.15) is 5.75 Å². The molecule has 2 N–H and O–H groups in total. The second kappa shape index (κ2) is 7.57. The molecular weight excluding hydrogens is 354 g/mol. The lowest BCUT2D eigenvalue weighted by molar-refractivity contribution is -0.123. The average Bonchev–Trinajstić information content (AvgIpc) is 2.98. The number of nitrogens with one attached hydrogen (secondary N) is 2. The van der Waals surface area contributed by atoms with E-state index in [1.54, 1.807) is 12.1 Å². The zero-order valence-electron chi connectivity index (χ0n) is 17.5. The number of para-hydroxylation sites is 1. The Balaban J connectivity index is 1.64. The molecule has 2 atom stereocenters. The third kappa shape index (κ3) is 3.40. The highest BCUT2D eigenvalue weighted by Crippen LogP contribution is 2.63. The number of rotatable bonds is 6. The Morgan fingerprint density at radius 3 is 2.64 bits per heavy atom. The van der Waals surface area contributed by atoms with Crippen molar-refractivity contribution < 1.29 is 14.3 Å². The Bertz CT molecular complexity index is 815. The number of hydrogen-bond acceptors (Lipinski definition) is 4. The molecule has 3 rings (SSSR count). The molecule has 6 heteroatoms. The van der Waals surface area contributed by atoms with E-state index in [1.807, 2.05) is 19.9 Å². The number of carbonyl (C=O) groups excluding carboxylic acids is 2. The Morgan fingerprint density at radius 1 is 1.29 bits per heavy atom. The van der Waals surface area contributed by atoms with E-state index >= 15 is 0 Å². The van der Waals surface area contributed by atoms with Crippen LogP contribution < -0.4 is 15.5 Å². The average molecular weight is 386 g/mol. The van der Waals surface area contributed by atoms with E-state index in [0.717, 1.165) is 24.1 Å². The van der Waals surface area contributed by atoms with Crippen molar-refractivity contribution in [3.63, 3.8) is 0 Å². The van der Waals surface area contributed by atoms with Crippen LogP contribution in [0.1, 0.15) is 62.9 Å². The first kappa shape index (κ1) is 20.4.